The Hall–Kier alpha value is -1.19. The zero-order valence-electron chi connectivity index (χ0n) is 10.7. The minimum absolute atomic E-state index is 0.0716. The minimum Gasteiger partial charge on any atom is -0.481 e. The van der Waals surface area contributed by atoms with Crippen LogP contribution in [0.4, 0.5) is 0 Å². The molecule has 4 heteroatoms. The average Bonchev–Trinajstić information content (AvgIpc) is 2.26. The molecule has 0 heterocycles. The summed E-state index contributed by atoms with van der Waals surface area (Å²) < 4.78 is 0. The van der Waals surface area contributed by atoms with Crippen molar-refractivity contribution in [2.75, 3.05) is 0 Å². The van der Waals surface area contributed by atoms with Crippen LogP contribution in [0.5, 0.6) is 0 Å². The highest BCUT2D eigenvalue weighted by molar-refractivity contribution is 5.82. The molecule has 0 rings (SSSR count). The van der Waals surface area contributed by atoms with Gasteiger partial charge in [-0.05, 0) is 26.2 Å². The first-order valence-electron chi connectivity index (χ1n) is 6.21. The van der Waals surface area contributed by atoms with Gasteiger partial charge in [0.15, 0.2) is 0 Å². The molecule has 0 aliphatic heterocycles. The van der Waals surface area contributed by atoms with Crippen molar-refractivity contribution in [3.05, 3.63) is 0 Å². The number of carboxylic acids is 1. The van der Waals surface area contributed by atoms with E-state index >= 15 is 0 Å². The number of hydrogen-bond acceptors (Lipinski definition) is 3. The monoisotopic (exact) mass is 242 g/mol. The molecule has 0 saturated carbocycles. The summed E-state index contributed by atoms with van der Waals surface area (Å²) >= 11 is 0. The fraction of sp³-hybridized carbons (Fsp3) is 0.769. The van der Waals surface area contributed by atoms with Crippen molar-refractivity contribution in [3.63, 3.8) is 0 Å². The van der Waals surface area contributed by atoms with Crippen molar-refractivity contribution in [2.45, 2.75) is 58.8 Å². The predicted octanol–water partition coefficient (Wildman–Crippen LogP) is 2.60. The molecule has 1 N–H and O–H groups in total. The van der Waals surface area contributed by atoms with E-state index in [0.29, 0.717) is 32.1 Å². The molecule has 0 aromatic rings. The molecule has 0 amide bonds. The number of unbranched alkanes of at least 4 members (excludes halogenated alkanes) is 1. The van der Waals surface area contributed by atoms with E-state index in [1.54, 1.807) is 0 Å². The van der Waals surface area contributed by atoms with Crippen molar-refractivity contribution in [3.8, 4) is 0 Å². The molecule has 1 atom stereocenters. The van der Waals surface area contributed by atoms with Crippen LogP contribution in [0.15, 0.2) is 0 Å². The summed E-state index contributed by atoms with van der Waals surface area (Å²) in [7, 11) is 0. The van der Waals surface area contributed by atoms with Gasteiger partial charge in [0.25, 0.3) is 0 Å². The van der Waals surface area contributed by atoms with E-state index in [1.807, 2.05) is 6.92 Å². The van der Waals surface area contributed by atoms with Crippen LogP contribution >= 0.6 is 0 Å². The Morgan fingerprint density at radius 2 is 1.71 bits per heavy atom. The van der Waals surface area contributed by atoms with Crippen LogP contribution in [-0.2, 0) is 14.4 Å². The number of carbonyl (C=O) groups excluding carboxylic acids is 2. The lowest BCUT2D eigenvalue weighted by atomic mass is 9.90. The Bertz CT molecular complexity index is 271. The molecular formula is C13H22O4. The van der Waals surface area contributed by atoms with E-state index in [2.05, 4.69) is 0 Å². The van der Waals surface area contributed by atoms with Gasteiger partial charge in [-0.2, -0.15) is 0 Å². The molecule has 0 aliphatic carbocycles. The highest BCUT2D eigenvalue weighted by Crippen LogP contribution is 2.18. The van der Waals surface area contributed by atoms with Crippen LogP contribution < -0.4 is 0 Å². The molecule has 0 saturated heterocycles. The highest BCUT2D eigenvalue weighted by atomic mass is 16.4. The predicted molar refractivity (Wildman–Crippen MR) is 64.8 cm³/mol. The van der Waals surface area contributed by atoms with E-state index in [0.717, 1.165) is 6.42 Å². The second kappa shape index (κ2) is 8.90. The van der Waals surface area contributed by atoms with Crippen molar-refractivity contribution in [1.82, 2.24) is 0 Å². The standard InChI is InChI=1S/C13H22O4/c1-3-12(15)11(9-8-10(2)14)6-4-5-7-13(16)17/h11H,3-9H2,1-2H3,(H,16,17). The molecular weight excluding hydrogens is 220 g/mol. The van der Waals surface area contributed by atoms with Gasteiger partial charge in [0.2, 0.25) is 0 Å². The zero-order valence-corrected chi connectivity index (χ0v) is 10.7. The van der Waals surface area contributed by atoms with Crippen LogP contribution in [0.3, 0.4) is 0 Å². The molecule has 0 radical (unpaired) electrons. The topological polar surface area (TPSA) is 71.4 Å². The third-order valence-electron chi connectivity index (χ3n) is 2.84. The van der Waals surface area contributed by atoms with Crippen molar-refractivity contribution in [2.24, 2.45) is 5.92 Å². The quantitative estimate of drug-likeness (QED) is 0.598. The fourth-order valence-corrected chi connectivity index (χ4v) is 1.80. The van der Waals surface area contributed by atoms with Gasteiger partial charge in [-0.1, -0.05) is 13.3 Å². The Morgan fingerprint density at radius 1 is 1.06 bits per heavy atom. The second-order valence-corrected chi connectivity index (χ2v) is 4.40. The van der Waals surface area contributed by atoms with E-state index in [4.69, 9.17) is 5.11 Å². The lowest BCUT2D eigenvalue weighted by Gasteiger charge is -2.13. The lowest BCUT2D eigenvalue weighted by Crippen LogP contribution is -2.15. The molecule has 17 heavy (non-hydrogen) atoms. The second-order valence-electron chi connectivity index (χ2n) is 4.40. The van der Waals surface area contributed by atoms with E-state index in [9.17, 15) is 14.4 Å². The molecule has 4 nitrogen and oxygen atoms in total. The largest absolute Gasteiger partial charge is 0.481 e. The first-order chi connectivity index (χ1) is 7.97. The lowest BCUT2D eigenvalue weighted by molar-refractivity contribution is -0.137. The number of carbonyl (C=O) groups is 3. The van der Waals surface area contributed by atoms with Crippen molar-refractivity contribution in [1.29, 1.82) is 0 Å². The number of Topliss-reactive ketones (excluding diaryl/α,β-unsaturated/α-hetero) is 2. The number of ketones is 2. The van der Waals surface area contributed by atoms with Gasteiger partial charge in [0.05, 0.1) is 0 Å². The first kappa shape index (κ1) is 15.8. The van der Waals surface area contributed by atoms with E-state index in [-0.39, 0.29) is 23.9 Å². The summed E-state index contributed by atoms with van der Waals surface area (Å²) in [6.07, 6.45) is 3.72. The number of carboxylic acid groups (broad SMARTS) is 1. The van der Waals surface area contributed by atoms with Crippen LogP contribution in [-0.4, -0.2) is 22.6 Å². The van der Waals surface area contributed by atoms with E-state index in [1.165, 1.54) is 6.92 Å². The molecule has 0 spiro atoms. The molecule has 0 aliphatic rings. The Balaban J connectivity index is 3.97. The molecule has 0 fully saturated rings. The maximum atomic E-state index is 11.6. The SMILES string of the molecule is CCC(=O)C(CCCCC(=O)O)CCC(C)=O. The number of rotatable bonds is 10. The summed E-state index contributed by atoms with van der Waals surface area (Å²) in [6.45, 7) is 3.35. The third kappa shape index (κ3) is 8.60. The van der Waals surface area contributed by atoms with Gasteiger partial charge in [-0.3, -0.25) is 9.59 Å². The summed E-state index contributed by atoms with van der Waals surface area (Å²) in [6, 6.07) is 0. The fourth-order valence-electron chi connectivity index (χ4n) is 1.80. The molecule has 0 aromatic heterocycles. The van der Waals surface area contributed by atoms with Gasteiger partial charge >= 0.3 is 5.97 Å². The number of hydrogen-bond donors (Lipinski definition) is 1. The van der Waals surface area contributed by atoms with Crippen LogP contribution in [0.2, 0.25) is 0 Å². The summed E-state index contributed by atoms with van der Waals surface area (Å²) in [5.74, 6) is -0.587. The minimum atomic E-state index is -0.799. The molecule has 0 bridgehead atoms. The maximum absolute atomic E-state index is 11.6. The smallest absolute Gasteiger partial charge is 0.303 e. The van der Waals surface area contributed by atoms with Crippen LogP contribution in [0.25, 0.3) is 0 Å². The summed E-state index contributed by atoms with van der Waals surface area (Å²) in [5.41, 5.74) is 0. The van der Waals surface area contributed by atoms with Gasteiger partial charge in [-0.15, -0.1) is 0 Å². The zero-order chi connectivity index (χ0) is 13.3. The van der Waals surface area contributed by atoms with Gasteiger partial charge < -0.3 is 9.90 Å². The Labute approximate surface area is 102 Å². The average molecular weight is 242 g/mol. The van der Waals surface area contributed by atoms with E-state index < -0.39 is 5.97 Å². The molecule has 0 aromatic carbocycles. The van der Waals surface area contributed by atoms with Crippen molar-refractivity contribution < 1.29 is 19.5 Å². The Kier molecular flexibility index (Phi) is 8.28. The van der Waals surface area contributed by atoms with Crippen LogP contribution in [0, 0.1) is 5.92 Å². The van der Waals surface area contributed by atoms with Crippen LogP contribution in [0.1, 0.15) is 58.8 Å². The summed E-state index contributed by atoms with van der Waals surface area (Å²) in [5, 5.41) is 8.50. The van der Waals surface area contributed by atoms with Crippen molar-refractivity contribution >= 4 is 17.5 Å². The normalized spacial score (nSPS) is 12.1. The molecule has 98 valence electrons. The molecule has 1 unspecified atom stereocenters. The van der Waals surface area contributed by atoms with Gasteiger partial charge in [0.1, 0.15) is 11.6 Å². The Morgan fingerprint density at radius 3 is 2.18 bits per heavy atom. The van der Waals surface area contributed by atoms with Gasteiger partial charge in [-0.25, -0.2) is 0 Å². The summed E-state index contributed by atoms with van der Waals surface area (Å²) in [4.78, 5) is 32.9. The first-order valence-corrected chi connectivity index (χ1v) is 6.21. The third-order valence-corrected chi connectivity index (χ3v) is 2.84. The maximum Gasteiger partial charge on any atom is 0.303 e. The van der Waals surface area contributed by atoms with Gasteiger partial charge in [0, 0.05) is 25.2 Å². The number of aliphatic carboxylic acids is 1. The highest BCUT2D eigenvalue weighted by Gasteiger charge is 2.16.